The summed E-state index contributed by atoms with van der Waals surface area (Å²) in [5.41, 5.74) is 0.761. The Morgan fingerprint density at radius 3 is 2.90 bits per heavy atom. The van der Waals surface area contributed by atoms with Crippen LogP contribution in [0.2, 0.25) is 0 Å². The van der Waals surface area contributed by atoms with Crippen LogP contribution >= 0.6 is 0 Å². The minimum absolute atomic E-state index is 0.154. The molecule has 1 fully saturated rings. The second-order valence-electron chi connectivity index (χ2n) is 5.10. The first-order chi connectivity index (χ1) is 9.52. The summed E-state index contributed by atoms with van der Waals surface area (Å²) in [6, 6.07) is 5.39. The standard InChI is InChI=1S/C14H21NO4S/c1-2-19-13-5-3-4-12(14(13)16)9-15-8-11-6-7-20(17,18)10-11/h3-5,11,15-16H,2,6-10H2,1H3. The highest BCUT2D eigenvalue weighted by Crippen LogP contribution is 2.29. The molecule has 1 aromatic rings. The van der Waals surface area contributed by atoms with E-state index >= 15 is 0 Å². The van der Waals surface area contributed by atoms with E-state index in [2.05, 4.69) is 5.32 Å². The van der Waals surface area contributed by atoms with Gasteiger partial charge in [-0.3, -0.25) is 0 Å². The van der Waals surface area contributed by atoms with Crippen LogP contribution in [0.15, 0.2) is 18.2 Å². The molecule has 0 aliphatic carbocycles. The van der Waals surface area contributed by atoms with Crippen LogP contribution in [-0.2, 0) is 16.4 Å². The molecule has 2 N–H and O–H groups in total. The van der Waals surface area contributed by atoms with Gasteiger partial charge in [0.15, 0.2) is 21.3 Å². The molecule has 1 aliphatic rings. The van der Waals surface area contributed by atoms with Crippen molar-refractivity contribution in [2.75, 3.05) is 24.7 Å². The van der Waals surface area contributed by atoms with E-state index in [0.717, 1.165) is 12.0 Å². The van der Waals surface area contributed by atoms with Gasteiger partial charge in [-0.05, 0) is 31.9 Å². The fraction of sp³-hybridized carbons (Fsp3) is 0.571. The second kappa shape index (κ2) is 6.45. The number of benzene rings is 1. The van der Waals surface area contributed by atoms with Crippen molar-refractivity contribution in [1.29, 1.82) is 0 Å². The molecule has 20 heavy (non-hydrogen) atoms. The number of nitrogens with one attached hydrogen (secondary N) is 1. The van der Waals surface area contributed by atoms with Crippen LogP contribution in [0, 0.1) is 5.92 Å². The van der Waals surface area contributed by atoms with Crippen molar-refractivity contribution >= 4 is 9.84 Å². The smallest absolute Gasteiger partial charge is 0.162 e. The number of hydrogen-bond acceptors (Lipinski definition) is 5. The van der Waals surface area contributed by atoms with Crippen LogP contribution in [0.25, 0.3) is 0 Å². The van der Waals surface area contributed by atoms with Gasteiger partial charge in [0.1, 0.15) is 0 Å². The maximum atomic E-state index is 11.4. The van der Waals surface area contributed by atoms with Crippen molar-refractivity contribution in [2.24, 2.45) is 5.92 Å². The number of ether oxygens (including phenoxy) is 1. The molecule has 6 heteroatoms. The quantitative estimate of drug-likeness (QED) is 0.828. The Balaban J connectivity index is 1.87. The lowest BCUT2D eigenvalue weighted by atomic mass is 10.1. The van der Waals surface area contributed by atoms with E-state index in [1.54, 1.807) is 6.07 Å². The number of phenols is 1. The molecule has 2 rings (SSSR count). The molecule has 1 aliphatic heterocycles. The van der Waals surface area contributed by atoms with Crippen molar-refractivity contribution in [3.63, 3.8) is 0 Å². The van der Waals surface area contributed by atoms with Crippen molar-refractivity contribution in [1.82, 2.24) is 5.32 Å². The predicted molar refractivity (Wildman–Crippen MR) is 77.7 cm³/mol. The molecule has 0 amide bonds. The highest BCUT2D eigenvalue weighted by molar-refractivity contribution is 7.91. The number of aromatic hydroxyl groups is 1. The fourth-order valence-electron chi connectivity index (χ4n) is 2.43. The molecule has 0 radical (unpaired) electrons. The van der Waals surface area contributed by atoms with Crippen molar-refractivity contribution < 1.29 is 18.3 Å². The first kappa shape index (κ1) is 15.1. The van der Waals surface area contributed by atoms with Gasteiger partial charge in [-0.1, -0.05) is 12.1 Å². The van der Waals surface area contributed by atoms with Gasteiger partial charge in [-0.2, -0.15) is 0 Å². The summed E-state index contributed by atoms with van der Waals surface area (Å²) in [4.78, 5) is 0. The van der Waals surface area contributed by atoms with Crippen molar-refractivity contribution in [3.8, 4) is 11.5 Å². The lowest BCUT2D eigenvalue weighted by Gasteiger charge is -2.12. The third kappa shape index (κ3) is 3.86. The number of para-hydroxylation sites is 1. The Morgan fingerprint density at radius 2 is 2.25 bits per heavy atom. The van der Waals surface area contributed by atoms with Crippen molar-refractivity contribution in [3.05, 3.63) is 23.8 Å². The highest BCUT2D eigenvalue weighted by atomic mass is 32.2. The number of hydrogen-bond donors (Lipinski definition) is 2. The molecule has 1 unspecified atom stereocenters. The Kier molecular flexibility index (Phi) is 4.88. The monoisotopic (exact) mass is 299 g/mol. The van der Waals surface area contributed by atoms with Gasteiger partial charge in [0.05, 0.1) is 18.1 Å². The average molecular weight is 299 g/mol. The molecule has 1 heterocycles. The molecule has 1 aromatic carbocycles. The van der Waals surface area contributed by atoms with Gasteiger partial charge >= 0.3 is 0 Å². The van der Waals surface area contributed by atoms with E-state index in [1.807, 2.05) is 19.1 Å². The largest absolute Gasteiger partial charge is 0.504 e. The number of sulfone groups is 1. The van der Waals surface area contributed by atoms with Crippen LogP contribution in [0.1, 0.15) is 18.9 Å². The average Bonchev–Trinajstić information content (AvgIpc) is 2.74. The molecule has 0 bridgehead atoms. The van der Waals surface area contributed by atoms with Gasteiger partial charge in [-0.25, -0.2) is 8.42 Å². The topological polar surface area (TPSA) is 75.6 Å². The summed E-state index contributed by atoms with van der Waals surface area (Å²) >= 11 is 0. The summed E-state index contributed by atoms with van der Waals surface area (Å²) < 4.78 is 28.0. The third-order valence-corrected chi connectivity index (χ3v) is 5.29. The molecule has 1 atom stereocenters. The predicted octanol–water partition coefficient (Wildman–Crippen LogP) is 1.32. The van der Waals surface area contributed by atoms with Gasteiger partial charge in [0.2, 0.25) is 0 Å². The Bertz CT molecular complexity index is 556. The maximum absolute atomic E-state index is 11.4. The first-order valence-corrected chi connectivity index (χ1v) is 8.68. The minimum atomic E-state index is -2.82. The summed E-state index contributed by atoms with van der Waals surface area (Å²) in [5.74, 6) is 1.38. The van der Waals surface area contributed by atoms with E-state index in [0.29, 0.717) is 31.2 Å². The van der Waals surface area contributed by atoms with Crippen LogP contribution < -0.4 is 10.1 Å². The third-order valence-electron chi connectivity index (χ3n) is 3.46. The maximum Gasteiger partial charge on any atom is 0.162 e. The molecular formula is C14H21NO4S. The molecule has 112 valence electrons. The molecular weight excluding hydrogens is 278 g/mol. The fourth-order valence-corrected chi connectivity index (χ4v) is 4.29. The lowest BCUT2D eigenvalue weighted by molar-refractivity contribution is 0.316. The van der Waals surface area contributed by atoms with E-state index in [4.69, 9.17) is 4.74 Å². The van der Waals surface area contributed by atoms with E-state index < -0.39 is 9.84 Å². The Morgan fingerprint density at radius 1 is 1.45 bits per heavy atom. The molecule has 1 saturated heterocycles. The molecule has 0 saturated carbocycles. The normalized spacial score (nSPS) is 20.9. The van der Waals surface area contributed by atoms with E-state index in [1.165, 1.54) is 0 Å². The SMILES string of the molecule is CCOc1cccc(CNCC2CCS(=O)(=O)C2)c1O. The highest BCUT2D eigenvalue weighted by Gasteiger charge is 2.27. The zero-order valence-electron chi connectivity index (χ0n) is 11.6. The zero-order chi connectivity index (χ0) is 14.6. The Hall–Kier alpha value is -1.27. The second-order valence-corrected chi connectivity index (χ2v) is 7.33. The van der Waals surface area contributed by atoms with Gasteiger partial charge < -0.3 is 15.2 Å². The zero-order valence-corrected chi connectivity index (χ0v) is 12.4. The van der Waals surface area contributed by atoms with Crippen LogP contribution in [-0.4, -0.2) is 38.2 Å². The van der Waals surface area contributed by atoms with Crippen molar-refractivity contribution in [2.45, 2.75) is 19.9 Å². The van der Waals surface area contributed by atoms with Gasteiger partial charge in [0, 0.05) is 12.1 Å². The van der Waals surface area contributed by atoms with Crippen LogP contribution in [0.4, 0.5) is 0 Å². The minimum Gasteiger partial charge on any atom is -0.504 e. The lowest BCUT2D eigenvalue weighted by Crippen LogP contribution is -2.23. The van der Waals surface area contributed by atoms with Crippen LogP contribution in [0.3, 0.4) is 0 Å². The first-order valence-electron chi connectivity index (χ1n) is 6.86. The summed E-state index contributed by atoms with van der Waals surface area (Å²) in [6.07, 6.45) is 0.723. The molecule has 0 spiro atoms. The van der Waals surface area contributed by atoms with E-state index in [9.17, 15) is 13.5 Å². The summed E-state index contributed by atoms with van der Waals surface area (Å²) in [5, 5.41) is 13.2. The summed E-state index contributed by atoms with van der Waals surface area (Å²) in [7, 11) is -2.82. The van der Waals surface area contributed by atoms with Gasteiger partial charge in [-0.15, -0.1) is 0 Å². The van der Waals surface area contributed by atoms with E-state index in [-0.39, 0.29) is 17.4 Å². The molecule has 0 aromatic heterocycles. The Labute approximate surface area is 119 Å². The number of phenolic OH excluding ortho intramolecular Hbond substituents is 1. The summed E-state index contributed by atoms with van der Waals surface area (Å²) in [6.45, 7) is 3.52. The number of rotatable bonds is 6. The molecule has 5 nitrogen and oxygen atoms in total. The van der Waals surface area contributed by atoms with Crippen LogP contribution in [0.5, 0.6) is 11.5 Å². The van der Waals surface area contributed by atoms with Gasteiger partial charge in [0.25, 0.3) is 0 Å².